The summed E-state index contributed by atoms with van der Waals surface area (Å²) < 4.78 is 17.4. The first-order valence-corrected chi connectivity index (χ1v) is 20.3. The van der Waals surface area contributed by atoms with Crippen LogP contribution in [0.1, 0.15) is 0 Å². The lowest BCUT2D eigenvalue weighted by molar-refractivity contribution is 0.592. The van der Waals surface area contributed by atoms with Crippen LogP contribution >= 0.6 is 18.5 Å². The van der Waals surface area contributed by atoms with Crippen LogP contribution in [0.15, 0.2) is 194 Å². The monoisotopic (exact) mass is 713 g/mol. The number of fused-ring (bicyclic) bond motifs is 6. The summed E-state index contributed by atoms with van der Waals surface area (Å²) in [5.74, 6) is 0. The van der Waals surface area contributed by atoms with Crippen LogP contribution in [-0.4, -0.2) is 4.98 Å². The first-order valence-electron chi connectivity index (χ1n) is 17.8. The third-order valence-electron chi connectivity index (χ3n) is 10.4. The molecular weight excluding hydrogens is 682 g/mol. The number of aromatic nitrogens is 1. The van der Waals surface area contributed by atoms with Crippen molar-refractivity contribution in [2.45, 2.75) is 0 Å². The summed E-state index contributed by atoms with van der Waals surface area (Å²) in [6.07, 6.45) is 0. The molecule has 0 amide bonds. The molecule has 4 heteroatoms. The van der Waals surface area contributed by atoms with E-state index in [9.17, 15) is 4.57 Å². The Morgan fingerprint density at radius 3 is 1.64 bits per heavy atom. The Balaban J connectivity index is 1.08. The van der Waals surface area contributed by atoms with Gasteiger partial charge in [-0.05, 0) is 33.5 Å². The summed E-state index contributed by atoms with van der Waals surface area (Å²) >= 11 is 1.83. The van der Waals surface area contributed by atoms with Gasteiger partial charge >= 0.3 is 0 Å². The molecule has 0 saturated heterocycles. The summed E-state index contributed by atoms with van der Waals surface area (Å²) in [6.45, 7) is 0. The molecule has 0 unspecified atom stereocenters. The average Bonchev–Trinajstić information content (AvgIpc) is 3.64. The van der Waals surface area contributed by atoms with Crippen molar-refractivity contribution in [3.05, 3.63) is 194 Å². The van der Waals surface area contributed by atoms with Gasteiger partial charge in [-0.2, -0.15) is 0 Å². The Bertz CT molecular complexity index is 2960. The van der Waals surface area contributed by atoms with E-state index in [0.29, 0.717) is 0 Å². The van der Waals surface area contributed by atoms with Crippen molar-refractivity contribution in [3.63, 3.8) is 0 Å². The molecule has 0 aliphatic rings. The highest BCUT2D eigenvalue weighted by Crippen LogP contribution is 2.46. The number of benzene rings is 8. The molecule has 0 bridgehead atoms. The molecule has 2 nitrogen and oxygen atoms in total. The highest BCUT2D eigenvalue weighted by atomic mass is 32.1. The normalized spacial score (nSPS) is 11.8. The summed E-state index contributed by atoms with van der Waals surface area (Å²) in [5, 5.41) is 8.61. The topological polar surface area (TPSA) is 30.0 Å². The molecule has 0 N–H and O–H groups in total. The minimum Gasteiger partial charge on any atom is -0.309 e. The third kappa shape index (κ3) is 5.24. The smallest absolute Gasteiger partial charge is 0.171 e. The number of hydrogen-bond acceptors (Lipinski definition) is 3. The van der Waals surface area contributed by atoms with Crippen LogP contribution in [0.4, 0.5) is 0 Å². The van der Waals surface area contributed by atoms with Crippen molar-refractivity contribution < 1.29 is 4.57 Å². The lowest BCUT2D eigenvalue weighted by Crippen LogP contribution is -2.24. The number of thiophene rings is 1. The second-order valence-corrected chi connectivity index (χ2v) is 17.2. The summed E-state index contributed by atoms with van der Waals surface area (Å²) in [4.78, 5) is 5.54. The van der Waals surface area contributed by atoms with Crippen molar-refractivity contribution in [2.24, 2.45) is 0 Å². The lowest BCUT2D eigenvalue weighted by atomic mass is 9.95. The van der Waals surface area contributed by atoms with Crippen molar-refractivity contribution in [1.82, 2.24) is 4.98 Å². The Kier molecular flexibility index (Phi) is 7.65. The first kappa shape index (κ1) is 31.6. The van der Waals surface area contributed by atoms with E-state index in [1.165, 1.54) is 36.3 Å². The van der Waals surface area contributed by atoms with E-state index in [4.69, 9.17) is 4.98 Å². The second-order valence-electron chi connectivity index (χ2n) is 13.4. The number of nitrogens with zero attached hydrogens (tertiary/aromatic N) is 1. The van der Waals surface area contributed by atoms with Gasteiger partial charge in [-0.15, -0.1) is 11.3 Å². The summed E-state index contributed by atoms with van der Waals surface area (Å²) in [5.41, 5.74) is 7.58. The van der Waals surface area contributed by atoms with E-state index in [1.807, 2.05) is 84.1 Å². The van der Waals surface area contributed by atoms with Crippen LogP contribution in [0.2, 0.25) is 0 Å². The van der Waals surface area contributed by atoms with Crippen LogP contribution in [0, 0.1) is 0 Å². The SMILES string of the molecule is O=P(c1ccccc1)(c1ccccc1)c1ccc(-c2ccc(-c3cccc4c3nc(-c3cccc5ccccc35)c3sc5ccccc5c34)cc2)cc1. The molecule has 250 valence electrons. The minimum absolute atomic E-state index is 0.825. The molecule has 53 heavy (non-hydrogen) atoms. The van der Waals surface area contributed by atoms with Gasteiger partial charge in [0.1, 0.15) is 0 Å². The van der Waals surface area contributed by atoms with Crippen molar-refractivity contribution >= 4 is 76.2 Å². The molecule has 8 aromatic carbocycles. The third-order valence-corrected chi connectivity index (χ3v) is 14.6. The zero-order valence-electron chi connectivity index (χ0n) is 28.7. The van der Waals surface area contributed by atoms with Gasteiger partial charge in [-0.1, -0.05) is 188 Å². The van der Waals surface area contributed by atoms with Gasteiger partial charge in [0, 0.05) is 47.9 Å². The second kappa shape index (κ2) is 12.8. The van der Waals surface area contributed by atoms with Crippen molar-refractivity contribution in [3.8, 4) is 33.5 Å². The predicted molar refractivity (Wildman–Crippen MR) is 228 cm³/mol. The molecule has 10 aromatic rings. The van der Waals surface area contributed by atoms with Crippen LogP contribution in [0.3, 0.4) is 0 Å². The fraction of sp³-hybridized carbons (Fsp3) is 0. The van der Waals surface area contributed by atoms with Crippen LogP contribution in [-0.2, 0) is 4.57 Å². The van der Waals surface area contributed by atoms with Gasteiger partial charge in [0.25, 0.3) is 0 Å². The number of pyridine rings is 1. The Hall–Kier alpha value is -6.12. The van der Waals surface area contributed by atoms with Crippen LogP contribution in [0.5, 0.6) is 0 Å². The van der Waals surface area contributed by atoms with Crippen molar-refractivity contribution in [1.29, 1.82) is 0 Å². The fourth-order valence-electron chi connectivity index (χ4n) is 7.78. The summed E-state index contributed by atoms with van der Waals surface area (Å²) in [7, 11) is -3.03. The first-order chi connectivity index (χ1) is 26.2. The Morgan fingerprint density at radius 1 is 0.415 bits per heavy atom. The van der Waals surface area contributed by atoms with E-state index >= 15 is 0 Å². The maximum atomic E-state index is 14.9. The van der Waals surface area contributed by atoms with Crippen molar-refractivity contribution in [2.75, 3.05) is 0 Å². The van der Waals surface area contributed by atoms with Gasteiger partial charge in [0.15, 0.2) is 7.14 Å². The van der Waals surface area contributed by atoms with Gasteiger partial charge in [0.05, 0.1) is 15.9 Å². The van der Waals surface area contributed by atoms with E-state index in [-0.39, 0.29) is 0 Å². The molecule has 0 aliphatic carbocycles. The molecule has 2 aromatic heterocycles. The standard InChI is InChI=1S/C49H32NOPS/c51-52(37-15-3-1-4-16-37,38-17-5-2-6-18-38)39-31-29-34(30-32-39)33-25-27-36(28-26-33)41-21-12-23-44-46-43-20-9-10-24-45(43)53-49(46)48(50-47(41)44)42-22-11-14-35-13-7-8-19-40(35)42/h1-32H. The maximum absolute atomic E-state index is 14.9. The molecule has 0 spiro atoms. The predicted octanol–water partition coefficient (Wildman–Crippen LogP) is 12.4. The molecule has 0 atom stereocenters. The number of hydrogen-bond donors (Lipinski definition) is 0. The number of para-hydroxylation sites is 1. The quantitative estimate of drug-likeness (QED) is 0.161. The highest BCUT2D eigenvalue weighted by Gasteiger charge is 2.29. The largest absolute Gasteiger partial charge is 0.309 e. The molecule has 2 heterocycles. The van der Waals surface area contributed by atoms with Crippen LogP contribution < -0.4 is 15.9 Å². The van der Waals surface area contributed by atoms with Gasteiger partial charge in [-0.3, -0.25) is 0 Å². The zero-order chi connectivity index (χ0) is 35.4. The molecule has 0 radical (unpaired) electrons. The zero-order valence-corrected chi connectivity index (χ0v) is 30.4. The Labute approximate surface area is 312 Å². The minimum atomic E-state index is -3.03. The van der Waals surface area contributed by atoms with E-state index < -0.39 is 7.14 Å². The van der Waals surface area contributed by atoms with E-state index in [2.05, 4.69) is 121 Å². The van der Waals surface area contributed by atoms with Crippen LogP contribution in [0.25, 0.3) is 75.4 Å². The van der Waals surface area contributed by atoms with Gasteiger partial charge in [0.2, 0.25) is 0 Å². The fourth-order valence-corrected chi connectivity index (χ4v) is 11.7. The lowest BCUT2D eigenvalue weighted by Gasteiger charge is -2.20. The highest BCUT2D eigenvalue weighted by molar-refractivity contribution is 7.85. The summed E-state index contributed by atoms with van der Waals surface area (Å²) in [6, 6.07) is 67.1. The molecule has 10 rings (SSSR count). The average molecular weight is 714 g/mol. The maximum Gasteiger partial charge on any atom is 0.171 e. The molecule has 0 aliphatic heterocycles. The molecular formula is C49H32NOPS. The van der Waals surface area contributed by atoms with E-state index in [1.54, 1.807) is 0 Å². The number of rotatable bonds is 6. The van der Waals surface area contributed by atoms with Gasteiger partial charge in [-0.25, -0.2) is 4.98 Å². The Morgan fingerprint density at radius 2 is 0.925 bits per heavy atom. The van der Waals surface area contributed by atoms with E-state index in [0.717, 1.165) is 54.9 Å². The van der Waals surface area contributed by atoms with Gasteiger partial charge < -0.3 is 4.57 Å². The molecule has 0 saturated carbocycles. The molecule has 0 fully saturated rings.